The molecule has 2 aromatic rings. The van der Waals surface area contributed by atoms with Crippen LogP contribution in [0.4, 0.5) is 0 Å². The number of aromatic nitrogens is 1. The molecule has 5 heteroatoms. The second kappa shape index (κ2) is 5.87. The minimum absolute atomic E-state index is 0.214. The van der Waals surface area contributed by atoms with Crippen LogP contribution < -0.4 is 0 Å². The molecule has 1 aromatic heterocycles. The summed E-state index contributed by atoms with van der Waals surface area (Å²) < 4.78 is 0. The maximum Gasteiger partial charge on any atom is 0.313 e. The zero-order valence-electron chi connectivity index (χ0n) is 13.3. The van der Waals surface area contributed by atoms with Gasteiger partial charge in [0.15, 0.2) is 0 Å². The molecule has 23 heavy (non-hydrogen) atoms. The van der Waals surface area contributed by atoms with Gasteiger partial charge in [0.2, 0.25) is 0 Å². The average Bonchev–Trinajstić information content (AvgIpc) is 2.93. The van der Waals surface area contributed by atoms with E-state index in [4.69, 9.17) is 5.11 Å². The number of piperidine rings is 1. The lowest BCUT2D eigenvalue weighted by Crippen LogP contribution is -2.48. The Morgan fingerprint density at radius 1 is 1.48 bits per heavy atom. The molecule has 122 valence electrons. The first-order valence-electron chi connectivity index (χ1n) is 8.22. The zero-order valence-corrected chi connectivity index (χ0v) is 14.1. The molecule has 3 atom stereocenters. The molecule has 0 bridgehead atoms. The van der Waals surface area contributed by atoms with Crippen LogP contribution in [0.2, 0.25) is 0 Å². The number of benzene rings is 1. The normalized spacial score (nSPS) is 27.1. The Kier molecular flexibility index (Phi) is 3.85. The van der Waals surface area contributed by atoms with Crippen molar-refractivity contribution < 1.29 is 9.90 Å². The Morgan fingerprint density at radius 2 is 2.35 bits per heavy atom. The maximum absolute atomic E-state index is 10.7. The molecule has 2 heterocycles. The highest BCUT2D eigenvalue weighted by Gasteiger charge is 2.39. The van der Waals surface area contributed by atoms with Crippen molar-refractivity contribution in [2.75, 3.05) is 25.1 Å². The van der Waals surface area contributed by atoms with E-state index in [9.17, 15) is 4.79 Å². The van der Waals surface area contributed by atoms with Crippen LogP contribution >= 0.6 is 11.8 Å². The van der Waals surface area contributed by atoms with E-state index in [0.717, 1.165) is 18.7 Å². The molecular formula is C18H22N2O2S. The van der Waals surface area contributed by atoms with E-state index in [1.54, 1.807) is 11.8 Å². The van der Waals surface area contributed by atoms with Gasteiger partial charge in [-0.2, -0.15) is 0 Å². The molecule has 1 fully saturated rings. The summed E-state index contributed by atoms with van der Waals surface area (Å²) in [4.78, 5) is 16.6. The molecule has 1 saturated heterocycles. The van der Waals surface area contributed by atoms with Crippen molar-refractivity contribution >= 4 is 28.6 Å². The number of likely N-dealkylation sites (N-methyl/N-ethyl adjacent to an activating group) is 1. The smallest absolute Gasteiger partial charge is 0.313 e. The molecular weight excluding hydrogens is 308 g/mol. The lowest BCUT2D eigenvalue weighted by atomic mass is 9.73. The van der Waals surface area contributed by atoms with Crippen LogP contribution in [0.1, 0.15) is 23.5 Å². The van der Waals surface area contributed by atoms with Crippen LogP contribution in [0.15, 0.2) is 24.4 Å². The van der Waals surface area contributed by atoms with E-state index in [1.165, 1.54) is 28.5 Å². The Labute approximate surface area is 140 Å². The van der Waals surface area contributed by atoms with Gasteiger partial charge in [-0.3, -0.25) is 4.79 Å². The standard InChI is InChI=1S/C18H22N2O2S/c1-20-8-11(9-23-10-17(21)22)5-14-13-3-2-4-15-18(13)12(7-19-15)6-16(14)20/h2-4,7,11,14,16,19H,5-6,8-10H2,1H3,(H,21,22)/t11-,14?,16-/m1/s1. The molecule has 4 rings (SSSR count). The van der Waals surface area contributed by atoms with Gasteiger partial charge in [-0.05, 0) is 48.8 Å². The second-order valence-electron chi connectivity index (χ2n) is 6.91. The highest BCUT2D eigenvalue weighted by Crippen LogP contribution is 2.44. The summed E-state index contributed by atoms with van der Waals surface area (Å²) in [7, 11) is 2.23. The summed E-state index contributed by atoms with van der Waals surface area (Å²) in [5.74, 6) is 1.58. The molecule has 2 N–H and O–H groups in total. The summed E-state index contributed by atoms with van der Waals surface area (Å²) >= 11 is 1.56. The van der Waals surface area contributed by atoms with E-state index in [2.05, 4.69) is 41.3 Å². The Bertz CT molecular complexity index is 742. The number of aromatic amines is 1. The minimum Gasteiger partial charge on any atom is -0.481 e. The summed E-state index contributed by atoms with van der Waals surface area (Å²) in [6.45, 7) is 1.07. The van der Waals surface area contributed by atoms with Crippen molar-refractivity contribution in [2.24, 2.45) is 5.92 Å². The van der Waals surface area contributed by atoms with E-state index in [-0.39, 0.29) is 5.75 Å². The number of fused-ring (bicyclic) bond motifs is 2. The first-order chi connectivity index (χ1) is 11.1. The highest BCUT2D eigenvalue weighted by atomic mass is 32.2. The van der Waals surface area contributed by atoms with Crippen LogP contribution in [-0.4, -0.2) is 52.1 Å². The largest absolute Gasteiger partial charge is 0.481 e. The average molecular weight is 330 g/mol. The van der Waals surface area contributed by atoms with E-state index < -0.39 is 5.97 Å². The van der Waals surface area contributed by atoms with Gasteiger partial charge in [-0.15, -0.1) is 11.8 Å². The maximum atomic E-state index is 10.7. The minimum atomic E-state index is -0.712. The number of carbonyl (C=O) groups is 1. The Balaban J connectivity index is 1.59. The van der Waals surface area contributed by atoms with Crippen molar-refractivity contribution in [3.8, 4) is 0 Å². The molecule has 1 aliphatic heterocycles. The highest BCUT2D eigenvalue weighted by molar-refractivity contribution is 7.99. The van der Waals surface area contributed by atoms with Crippen molar-refractivity contribution in [1.82, 2.24) is 9.88 Å². The number of carboxylic acid groups (broad SMARTS) is 1. The lowest BCUT2D eigenvalue weighted by molar-refractivity contribution is -0.133. The van der Waals surface area contributed by atoms with Gasteiger partial charge in [0.05, 0.1) is 5.75 Å². The fourth-order valence-electron chi connectivity index (χ4n) is 4.49. The predicted molar refractivity (Wildman–Crippen MR) is 94.2 cm³/mol. The fourth-order valence-corrected chi connectivity index (χ4v) is 5.36. The molecule has 1 unspecified atom stereocenters. The number of nitrogens with one attached hydrogen (secondary N) is 1. The predicted octanol–water partition coefficient (Wildman–Crippen LogP) is 2.95. The lowest BCUT2D eigenvalue weighted by Gasteiger charge is -2.45. The molecule has 0 radical (unpaired) electrons. The van der Waals surface area contributed by atoms with Gasteiger partial charge in [0, 0.05) is 35.6 Å². The monoisotopic (exact) mass is 330 g/mol. The summed E-state index contributed by atoms with van der Waals surface area (Å²) in [6.07, 6.45) is 4.46. The van der Waals surface area contributed by atoms with E-state index in [0.29, 0.717) is 17.9 Å². The first kappa shape index (κ1) is 15.1. The number of hydrogen-bond acceptors (Lipinski definition) is 3. The van der Waals surface area contributed by atoms with Crippen molar-refractivity contribution in [2.45, 2.75) is 24.8 Å². The zero-order chi connectivity index (χ0) is 16.0. The van der Waals surface area contributed by atoms with Crippen LogP contribution in [0.5, 0.6) is 0 Å². The molecule has 1 aliphatic carbocycles. The summed E-state index contributed by atoms with van der Waals surface area (Å²) in [6, 6.07) is 7.18. The number of H-pyrrole nitrogens is 1. The van der Waals surface area contributed by atoms with Gasteiger partial charge in [0.1, 0.15) is 0 Å². The quantitative estimate of drug-likeness (QED) is 0.905. The first-order valence-corrected chi connectivity index (χ1v) is 9.37. The third kappa shape index (κ3) is 2.66. The van der Waals surface area contributed by atoms with E-state index >= 15 is 0 Å². The number of aliphatic carboxylic acids is 1. The van der Waals surface area contributed by atoms with Crippen molar-refractivity contribution in [3.05, 3.63) is 35.5 Å². The molecule has 1 aromatic carbocycles. The number of hydrogen-bond donors (Lipinski definition) is 2. The molecule has 4 nitrogen and oxygen atoms in total. The number of thioether (sulfide) groups is 1. The number of nitrogens with zero attached hydrogens (tertiary/aromatic N) is 1. The van der Waals surface area contributed by atoms with Gasteiger partial charge >= 0.3 is 5.97 Å². The Hall–Kier alpha value is -1.46. The molecule has 2 aliphatic rings. The number of rotatable bonds is 4. The van der Waals surface area contributed by atoms with Crippen LogP contribution in [0.3, 0.4) is 0 Å². The topological polar surface area (TPSA) is 56.3 Å². The van der Waals surface area contributed by atoms with Gasteiger partial charge < -0.3 is 15.0 Å². The summed E-state index contributed by atoms with van der Waals surface area (Å²) in [5, 5.41) is 10.3. The fraction of sp³-hybridized carbons (Fsp3) is 0.500. The van der Waals surface area contributed by atoms with Crippen LogP contribution in [0, 0.1) is 5.92 Å². The third-order valence-electron chi connectivity index (χ3n) is 5.39. The van der Waals surface area contributed by atoms with E-state index in [1.807, 2.05) is 0 Å². The molecule has 0 saturated carbocycles. The second-order valence-corrected chi connectivity index (χ2v) is 7.94. The van der Waals surface area contributed by atoms with Crippen LogP contribution in [0.25, 0.3) is 10.9 Å². The Morgan fingerprint density at radius 3 is 3.17 bits per heavy atom. The van der Waals surface area contributed by atoms with Crippen molar-refractivity contribution in [1.29, 1.82) is 0 Å². The van der Waals surface area contributed by atoms with Crippen molar-refractivity contribution in [3.63, 3.8) is 0 Å². The number of likely N-dealkylation sites (tertiary alicyclic amines) is 1. The van der Waals surface area contributed by atoms with Gasteiger partial charge in [0.25, 0.3) is 0 Å². The van der Waals surface area contributed by atoms with Gasteiger partial charge in [-0.1, -0.05) is 12.1 Å². The third-order valence-corrected chi connectivity index (χ3v) is 6.55. The van der Waals surface area contributed by atoms with Crippen LogP contribution in [-0.2, 0) is 11.2 Å². The van der Waals surface area contributed by atoms with Gasteiger partial charge in [-0.25, -0.2) is 0 Å². The number of carboxylic acids is 1. The molecule has 0 amide bonds. The summed E-state index contributed by atoms with van der Waals surface area (Å²) in [5.41, 5.74) is 4.18. The molecule has 0 spiro atoms. The SMILES string of the molecule is CN1C[C@H](CSCC(=O)O)CC2c3cccc4[nH]cc(c34)C[C@H]21.